The van der Waals surface area contributed by atoms with E-state index in [0.717, 1.165) is 16.9 Å². The second kappa shape index (κ2) is 3.20. The molecule has 1 unspecified atom stereocenters. The summed E-state index contributed by atoms with van der Waals surface area (Å²) in [6, 6.07) is 5.52. The van der Waals surface area contributed by atoms with E-state index < -0.39 is 0 Å². The van der Waals surface area contributed by atoms with Crippen LogP contribution in [0, 0.1) is 0 Å². The monoisotopic (exact) mass is 214 g/mol. The summed E-state index contributed by atoms with van der Waals surface area (Å²) in [4.78, 5) is 7.42. The minimum atomic E-state index is -0.105. The van der Waals surface area contributed by atoms with E-state index in [1.54, 1.807) is 0 Å². The molecule has 4 heteroatoms. The van der Waals surface area contributed by atoms with Crippen LogP contribution in [0.3, 0.4) is 0 Å². The highest BCUT2D eigenvalue weighted by molar-refractivity contribution is 6.31. The van der Waals surface area contributed by atoms with Crippen LogP contribution in [-0.4, -0.2) is 9.97 Å². The van der Waals surface area contributed by atoms with Gasteiger partial charge in [0.05, 0.1) is 16.4 Å². The first-order valence-electron chi connectivity index (χ1n) is 3.96. The largest absolute Gasteiger partial charge is 0.341 e. The van der Waals surface area contributed by atoms with Crippen LogP contribution in [0.1, 0.15) is 18.1 Å². The molecular weight excluding hydrogens is 207 g/mol. The molecular formula is C9H8Cl2N2. The van der Waals surface area contributed by atoms with Gasteiger partial charge in [0.2, 0.25) is 0 Å². The second-order valence-corrected chi connectivity index (χ2v) is 3.99. The molecule has 1 atom stereocenters. The first-order chi connectivity index (χ1) is 6.16. The lowest BCUT2D eigenvalue weighted by molar-refractivity contribution is 0.962. The molecule has 1 aromatic carbocycles. The molecule has 0 saturated heterocycles. The summed E-state index contributed by atoms with van der Waals surface area (Å²) in [6.07, 6.45) is 0. The fraction of sp³-hybridized carbons (Fsp3) is 0.222. The lowest BCUT2D eigenvalue weighted by Crippen LogP contribution is -1.85. The van der Waals surface area contributed by atoms with Gasteiger partial charge in [0.15, 0.2) is 0 Å². The number of aromatic amines is 1. The maximum Gasteiger partial charge on any atom is 0.125 e. The quantitative estimate of drug-likeness (QED) is 0.724. The Bertz CT molecular complexity index is 434. The smallest absolute Gasteiger partial charge is 0.125 e. The van der Waals surface area contributed by atoms with Gasteiger partial charge < -0.3 is 4.98 Å². The molecule has 0 fully saturated rings. The lowest BCUT2D eigenvalue weighted by Gasteiger charge is -1.93. The van der Waals surface area contributed by atoms with Crippen LogP contribution < -0.4 is 0 Å². The lowest BCUT2D eigenvalue weighted by atomic mass is 10.3. The predicted molar refractivity (Wildman–Crippen MR) is 55.4 cm³/mol. The first-order valence-corrected chi connectivity index (χ1v) is 4.77. The third-order valence-corrected chi connectivity index (χ3v) is 2.28. The van der Waals surface area contributed by atoms with E-state index in [1.165, 1.54) is 0 Å². The fourth-order valence-corrected chi connectivity index (χ4v) is 1.47. The van der Waals surface area contributed by atoms with Crippen LogP contribution in [-0.2, 0) is 0 Å². The molecule has 0 bridgehead atoms. The molecule has 1 N–H and O–H groups in total. The summed E-state index contributed by atoms with van der Waals surface area (Å²) >= 11 is 11.7. The molecule has 1 aromatic heterocycles. The molecule has 68 valence electrons. The van der Waals surface area contributed by atoms with Gasteiger partial charge in [-0.25, -0.2) is 4.98 Å². The zero-order chi connectivity index (χ0) is 9.42. The van der Waals surface area contributed by atoms with Gasteiger partial charge in [0, 0.05) is 5.02 Å². The van der Waals surface area contributed by atoms with Crippen LogP contribution >= 0.6 is 23.2 Å². The van der Waals surface area contributed by atoms with Gasteiger partial charge in [-0.2, -0.15) is 0 Å². The molecule has 0 amide bonds. The third kappa shape index (κ3) is 1.64. The number of hydrogen-bond acceptors (Lipinski definition) is 1. The number of nitrogens with zero attached hydrogens (tertiary/aromatic N) is 1. The number of imidazole rings is 1. The maximum absolute atomic E-state index is 5.89. The molecule has 2 nitrogen and oxygen atoms in total. The third-order valence-electron chi connectivity index (χ3n) is 1.84. The number of hydrogen-bond donors (Lipinski definition) is 1. The molecule has 2 rings (SSSR count). The molecule has 2 aromatic rings. The van der Waals surface area contributed by atoms with Crippen molar-refractivity contribution < 1.29 is 0 Å². The number of H-pyrrole nitrogens is 1. The molecule has 0 aliphatic rings. The van der Waals surface area contributed by atoms with Crippen LogP contribution in [0.4, 0.5) is 0 Å². The van der Waals surface area contributed by atoms with Crippen molar-refractivity contribution in [1.82, 2.24) is 9.97 Å². The van der Waals surface area contributed by atoms with Crippen molar-refractivity contribution in [1.29, 1.82) is 0 Å². The first kappa shape index (κ1) is 8.85. The second-order valence-electron chi connectivity index (χ2n) is 2.90. The minimum absolute atomic E-state index is 0.105. The van der Waals surface area contributed by atoms with E-state index in [9.17, 15) is 0 Å². The van der Waals surface area contributed by atoms with Crippen LogP contribution in [0.2, 0.25) is 5.02 Å². The number of benzene rings is 1. The summed E-state index contributed by atoms with van der Waals surface area (Å²) in [5, 5.41) is 0.594. The minimum Gasteiger partial charge on any atom is -0.341 e. The Morgan fingerprint density at radius 3 is 2.92 bits per heavy atom. The van der Waals surface area contributed by atoms with Crippen LogP contribution in [0.5, 0.6) is 0 Å². The summed E-state index contributed by atoms with van der Waals surface area (Å²) < 4.78 is 0. The highest BCUT2D eigenvalue weighted by atomic mass is 35.5. The van der Waals surface area contributed by atoms with Gasteiger partial charge in [-0.15, -0.1) is 11.6 Å². The molecule has 0 spiro atoms. The fourth-order valence-electron chi connectivity index (χ4n) is 1.19. The van der Waals surface area contributed by atoms with E-state index >= 15 is 0 Å². The number of fused-ring (bicyclic) bond motifs is 1. The van der Waals surface area contributed by atoms with Gasteiger partial charge in [-0.3, -0.25) is 0 Å². The molecule has 0 saturated carbocycles. The average Bonchev–Trinajstić information content (AvgIpc) is 2.46. The topological polar surface area (TPSA) is 28.7 Å². The van der Waals surface area contributed by atoms with Crippen molar-refractivity contribution in [3.63, 3.8) is 0 Å². The molecule has 0 radical (unpaired) electrons. The Balaban J connectivity index is 2.62. The zero-order valence-electron chi connectivity index (χ0n) is 7.01. The van der Waals surface area contributed by atoms with E-state index in [2.05, 4.69) is 9.97 Å². The van der Waals surface area contributed by atoms with E-state index in [-0.39, 0.29) is 5.38 Å². The summed E-state index contributed by atoms with van der Waals surface area (Å²) in [6.45, 7) is 1.88. The van der Waals surface area contributed by atoms with Gasteiger partial charge in [0.1, 0.15) is 5.82 Å². The number of nitrogens with one attached hydrogen (secondary N) is 1. The number of rotatable bonds is 1. The number of halogens is 2. The van der Waals surface area contributed by atoms with E-state index in [1.807, 2.05) is 25.1 Å². The maximum atomic E-state index is 5.89. The Kier molecular flexibility index (Phi) is 2.18. The van der Waals surface area contributed by atoms with Crippen LogP contribution in [0.15, 0.2) is 18.2 Å². The van der Waals surface area contributed by atoms with Crippen molar-refractivity contribution in [2.75, 3.05) is 0 Å². The van der Waals surface area contributed by atoms with Gasteiger partial charge in [-0.05, 0) is 25.1 Å². The van der Waals surface area contributed by atoms with Crippen LogP contribution in [0.25, 0.3) is 11.0 Å². The standard InChI is InChI=1S/C9H8Cl2N2/c1-5(10)9-12-7-3-2-6(11)4-8(7)13-9/h2-5H,1H3,(H,12,13). The molecule has 13 heavy (non-hydrogen) atoms. The van der Waals surface area contributed by atoms with Crippen molar-refractivity contribution in [2.24, 2.45) is 0 Å². The van der Waals surface area contributed by atoms with Gasteiger partial charge in [0.25, 0.3) is 0 Å². The Hall–Kier alpha value is -0.730. The van der Waals surface area contributed by atoms with Crippen molar-refractivity contribution >= 4 is 34.2 Å². The molecule has 0 aliphatic heterocycles. The van der Waals surface area contributed by atoms with Gasteiger partial charge in [-0.1, -0.05) is 11.6 Å². The van der Waals surface area contributed by atoms with E-state index in [4.69, 9.17) is 23.2 Å². The number of aromatic nitrogens is 2. The number of alkyl halides is 1. The Morgan fingerprint density at radius 2 is 2.23 bits per heavy atom. The molecule has 1 heterocycles. The highest BCUT2D eigenvalue weighted by Crippen LogP contribution is 2.22. The van der Waals surface area contributed by atoms with Crippen molar-refractivity contribution in [2.45, 2.75) is 12.3 Å². The SMILES string of the molecule is CC(Cl)c1nc2ccc(Cl)cc2[nH]1. The summed E-state index contributed by atoms with van der Waals surface area (Å²) in [5.74, 6) is 0.777. The highest BCUT2D eigenvalue weighted by Gasteiger charge is 2.07. The van der Waals surface area contributed by atoms with Gasteiger partial charge >= 0.3 is 0 Å². The van der Waals surface area contributed by atoms with Crippen molar-refractivity contribution in [3.8, 4) is 0 Å². The summed E-state index contributed by atoms with van der Waals surface area (Å²) in [5.41, 5.74) is 1.82. The van der Waals surface area contributed by atoms with Crippen molar-refractivity contribution in [3.05, 3.63) is 29.0 Å². The normalized spacial score (nSPS) is 13.5. The average molecular weight is 215 g/mol. The Morgan fingerprint density at radius 1 is 1.46 bits per heavy atom. The van der Waals surface area contributed by atoms with E-state index in [0.29, 0.717) is 5.02 Å². The zero-order valence-corrected chi connectivity index (χ0v) is 8.52. The Labute approximate surface area is 85.9 Å². The predicted octanol–water partition coefficient (Wildman–Crippen LogP) is 3.52. The summed E-state index contributed by atoms with van der Waals surface area (Å²) in [7, 11) is 0. The molecule has 0 aliphatic carbocycles.